The smallest absolute Gasteiger partial charge is 0.171 e. The fraction of sp³-hybridized carbons (Fsp3) is 0.458. The van der Waals surface area contributed by atoms with E-state index in [1.807, 2.05) is 40.7 Å². The third-order valence-electron chi connectivity index (χ3n) is 5.34. The molecule has 6 heteroatoms. The van der Waals surface area contributed by atoms with Crippen molar-refractivity contribution in [3.8, 4) is 17.0 Å². The predicted octanol–water partition coefficient (Wildman–Crippen LogP) is 5.24. The molecule has 0 amide bonds. The number of anilines is 1. The fourth-order valence-corrected chi connectivity index (χ4v) is 3.84. The molecule has 0 spiro atoms. The van der Waals surface area contributed by atoms with Crippen LogP contribution < -0.4 is 9.64 Å². The number of carbonyl (C=O) groups excluding carboxylic acids is 1. The Morgan fingerprint density at radius 2 is 1.90 bits per heavy atom. The molecular weight excluding hydrogens is 376 g/mol. The summed E-state index contributed by atoms with van der Waals surface area (Å²) in [4.78, 5) is 27.7. The van der Waals surface area contributed by atoms with Gasteiger partial charge in [-0.05, 0) is 38.8 Å². The molecule has 1 aliphatic rings. The summed E-state index contributed by atoms with van der Waals surface area (Å²) in [6, 6.07) is 6.26. The lowest BCUT2D eigenvalue weighted by Crippen LogP contribution is -2.20. The number of aromatic amines is 1. The van der Waals surface area contributed by atoms with Gasteiger partial charge in [-0.15, -0.1) is 0 Å². The zero-order valence-corrected chi connectivity index (χ0v) is 18.5. The number of hydrogen-bond acceptors (Lipinski definition) is 5. The van der Waals surface area contributed by atoms with E-state index in [9.17, 15) is 4.79 Å². The van der Waals surface area contributed by atoms with E-state index in [4.69, 9.17) is 9.72 Å². The number of rotatable bonds is 5. The van der Waals surface area contributed by atoms with Crippen LogP contribution >= 0.6 is 0 Å². The van der Waals surface area contributed by atoms with Crippen LogP contribution in [-0.2, 0) is 0 Å². The minimum Gasteiger partial charge on any atom is -0.491 e. The van der Waals surface area contributed by atoms with E-state index in [1.165, 1.54) is 12.8 Å². The summed E-state index contributed by atoms with van der Waals surface area (Å²) in [5.41, 5.74) is 4.16. The second kappa shape index (κ2) is 7.74. The van der Waals surface area contributed by atoms with Crippen molar-refractivity contribution in [2.75, 3.05) is 18.0 Å². The summed E-state index contributed by atoms with van der Waals surface area (Å²) in [6.07, 6.45) is 5.97. The Kier molecular flexibility index (Phi) is 5.26. The number of H-pyrrole nitrogens is 1. The third-order valence-corrected chi connectivity index (χ3v) is 5.34. The van der Waals surface area contributed by atoms with Gasteiger partial charge in [0.2, 0.25) is 0 Å². The van der Waals surface area contributed by atoms with Gasteiger partial charge in [0.1, 0.15) is 11.3 Å². The highest BCUT2D eigenvalue weighted by Gasteiger charge is 2.26. The largest absolute Gasteiger partial charge is 0.491 e. The molecule has 0 unspecified atom stereocenters. The lowest BCUT2D eigenvalue weighted by atomic mass is 9.87. The summed E-state index contributed by atoms with van der Waals surface area (Å²) >= 11 is 0. The van der Waals surface area contributed by atoms with Gasteiger partial charge in [0.25, 0.3) is 0 Å². The molecule has 1 saturated heterocycles. The van der Waals surface area contributed by atoms with Crippen LogP contribution in [0, 0.1) is 5.41 Å². The zero-order valence-electron chi connectivity index (χ0n) is 18.5. The van der Waals surface area contributed by atoms with Gasteiger partial charge in [0, 0.05) is 42.0 Å². The molecule has 1 aliphatic heterocycles. The van der Waals surface area contributed by atoms with Crippen molar-refractivity contribution >= 4 is 22.6 Å². The van der Waals surface area contributed by atoms with E-state index in [0.717, 1.165) is 35.8 Å². The predicted molar refractivity (Wildman–Crippen MR) is 120 cm³/mol. The van der Waals surface area contributed by atoms with E-state index < -0.39 is 5.41 Å². The van der Waals surface area contributed by atoms with Gasteiger partial charge in [0.15, 0.2) is 11.4 Å². The number of nitrogens with one attached hydrogen (secondary N) is 1. The van der Waals surface area contributed by atoms with Crippen LogP contribution in [0.3, 0.4) is 0 Å². The molecule has 3 aromatic rings. The van der Waals surface area contributed by atoms with E-state index in [-0.39, 0.29) is 11.9 Å². The molecule has 6 nitrogen and oxygen atoms in total. The number of benzene rings is 1. The second-order valence-corrected chi connectivity index (χ2v) is 9.31. The zero-order chi connectivity index (χ0) is 21.5. The number of carbonyl (C=O) groups is 1. The summed E-state index contributed by atoms with van der Waals surface area (Å²) in [6.45, 7) is 11.9. The standard InChI is InChI=1S/C24H30N4O2/c1-15(2)30-18-11-16(10-17(12-18)28-8-6-7-9-28)20-14-26-23-21(27-20)19(13-25-23)22(29)24(3,4)5/h10-15H,6-9H2,1-5H3,(H,25,26). The van der Waals surface area contributed by atoms with Crippen LogP contribution in [0.4, 0.5) is 5.69 Å². The normalized spacial score (nSPS) is 14.7. The molecule has 4 rings (SSSR count). The number of fused-ring (bicyclic) bond motifs is 1. The van der Waals surface area contributed by atoms with E-state index in [0.29, 0.717) is 16.7 Å². The lowest BCUT2D eigenvalue weighted by Gasteiger charge is -2.21. The number of ketones is 1. The van der Waals surface area contributed by atoms with E-state index in [2.05, 4.69) is 27.0 Å². The Morgan fingerprint density at radius 1 is 1.17 bits per heavy atom. The van der Waals surface area contributed by atoms with Crippen molar-refractivity contribution in [3.05, 3.63) is 36.2 Å². The highest BCUT2D eigenvalue weighted by Crippen LogP contribution is 2.33. The van der Waals surface area contributed by atoms with Gasteiger partial charge in [-0.1, -0.05) is 20.8 Å². The van der Waals surface area contributed by atoms with Crippen molar-refractivity contribution in [2.24, 2.45) is 5.41 Å². The molecule has 158 valence electrons. The van der Waals surface area contributed by atoms with Crippen molar-refractivity contribution in [3.63, 3.8) is 0 Å². The molecule has 30 heavy (non-hydrogen) atoms. The molecule has 3 heterocycles. The Labute approximate surface area is 177 Å². The quantitative estimate of drug-likeness (QED) is 0.587. The molecule has 0 radical (unpaired) electrons. The first-order valence-electron chi connectivity index (χ1n) is 10.7. The first kappa shape index (κ1) is 20.4. The molecule has 0 bridgehead atoms. The van der Waals surface area contributed by atoms with Crippen LogP contribution in [0.15, 0.2) is 30.6 Å². The summed E-state index contributed by atoms with van der Waals surface area (Å²) in [5.74, 6) is 0.876. The number of hydrogen-bond donors (Lipinski definition) is 1. The first-order valence-corrected chi connectivity index (χ1v) is 10.7. The number of ether oxygens (including phenoxy) is 1. The maximum atomic E-state index is 12.9. The lowest BCUT2D eigenvalue weighted by molar-refractivity contribution is 0.0860. The summed E-state index contributed by atoms with van der Waals surface area (Å²) in [5, 5.41) is 0. The van der Waals surface area contributed by atoms with Crippen LogP contribution in [0.25, 0.3) is 22.4 Å². The van der Waals surface area contributed by atoms with Crippen molar-refractivity contribution in [1.29, 1.82) is 0 Å². The number of aromatic nitrogens is 3. The number of nitrogens with zero attached hydrogens (tertiary/aromatic N) is 3. The Morgan fingerprint density at radius 3 is 2.57 bits per heavy atom. The minimum atomic E-state index is -0.485. The molecule has 1 aromatic carbocycles. The molecule has 0 aliphatic carbocycles. The highest BCUT2D eigenvalue weighted by atomic mass is 16.5. The maximum Gasteiger partial charge on any atom is 0.171 e. The van der Waals surface area contributed by atoms with Gasteiger partial charge in [-0.25, -0.2) is 9.97 Å². The maximum absolute atomic E-state index is 12.9. The van der Waals surface area contributed by atoms with E-state index >= 15 is 0 Å². The molecule has 0 atom stereocenters. The molecular formula is C24H30N4O2. The fourth-order valence-electron chi connectivity index (χ4n) is 3.84. The van der Waals surface area contributed by atoms with Crippen molar-refractivity contribution in [1.82, 2.24) is 15.0 Å². The third kappa shape index (κ3) is 4.04. The first-order chi connectivity index (χ1) is 14.2. The highest BCUT2D eigenvalue weighted by molar-refractivity contribution is 6.08. The molecule has 2 aromatic heterocycles. The van der Waals surface area contributed by atoms with Crippen LogP contribution in [0.2, 0.25) is 0 Å². The summed E-state index contributed by atoms with van der Waals surface area (Å²) < 4.78 is 6.02. The monoisotopic (exact) mass is 406 g/mol. The Balaban J connectivity index is 1.80. The van der Waals surface area contributed by atoms with Gasteiger partial charge in [-0.2, -0.15) is 0 Å². The summed E-state index contributed by atoms with van der Waals surface area (Å²) in [7, 11) is 0. The average Bonchev–Trinajstić information content (AvgIpc) is 3.35. The molecule has 0 saturated carbocycles. The minimum absolute atomic E-state index is 0.0508. The molecule has 1 fully saturated rings. The Hall–Kier alpha value is -2.89. The second-order valence-electron chi connectivity index (χ2n) is 9.31. The topological polar surface area (TPSA) is 71.1 Å². The van der Waals surface area contributed by atoms with Gasteiger partial charge < -0.3 is 14.6 Å². The Bertz CT molecular complexity index is 1070. The van der Waals surface area contributed by atoms with Gasteiger partial charge >= 0.3 is 0 Å². The van der Waals surface area contributed by atoms with Crippen LogP contribution in [0.1, 0.15) is 57.8 Å². The van der Waals surface area contributed by atoms with Gasteiger partial charge in [-0.3, -0.25) is 4.79 Å². The van der Waals surface area contributed by atoms with Crippen LogP contribution in [0.5, 0.6) is 5.75 Å². The van der Waals surface area contributed by atoms with Crippen molar-refractivity contribution < 1.29 is 9.53 Å². The van der Waals surface area contributed by atoms with Crippen LogP contribution in [-0.4, -0.2) is 39.9 Å². The van der Waals surface area contributed by atoms with Gasteiger partial charge in [0.05, 0.1) is 23.6 Å². The van der Waals surface area contributed by atoms with Crippen molar-refractivity contribution in [2.45, 2.75) is 53.6 Å². The molecule has 1 N–H and O–H groups in total. The average molecular weight is 407 g/mol. The SMILES string of the molecule is CC(C)Oc1cc(-c2cnc3[nH]cc(C(=O)C(C)(C)C)c3n2)cc(N2CCCC2)c1. The number of Topliss-reactive ketones (excluding diaryl/α,β-unsaturated/α-hetero) is 1. The van der Waals surface area contributed by atoms with E-state index in [1.54, 1.807) is 12.4 Å².